The molecule has 0 radical (unpaired) electrons. The summed E-state index contributed by atoms with van der Waals surface area (Å²) in [5.41, 5.74) is 0. The maximum Gasteiger partial charge on any atom is 0.00530 e. The number of hydrogen-bond donors (Lipinski definition) is 0. The Bertz CT molecular complexity index is 10.3. The van der Waals surface area contributed by atoms with E-state index in [0.717, 1.165) is 3.92 Å². The highest BCUT2D eigenvalue weighted by Crippen LogP contribution is 1.91. The van der Waals surface area contributed by atoms with Crippen molar-refractivity contribution in [2.75, 3.05) is 4.93 Å². The van der Waals surface area contributed by atoms with Crippen LogP contribution in [0.1, 0.15) is 13.8 Å². The first-order chi connectivity index (χ1) is 2.73. The first-order valence-electron chi connectivity index (χ1n) is 1.75. The highest BCUT2D eigenvalue weighted by molar-refractivity contribution is 14.1. The molecule has 40 valence electrons. The molecule has 0 spiro atoms. The molecule has 0 rings (SSSR count). The predicted molar refractivity (Wildman–Crippen MR) is 49.1 cm³/mol. The van der Waals surface area contributed by atoms with Crippen LogP contribution in [0.2, 0.25) is 0 Å². The summed E-state index contributed by atoms with van der Waals surface area (Å²) in [7, 11) is 0. The third-order valence-electron chi connectivity index (χ3n) is 0. The maximum atomic E-state index is 2.34. The molecule has 0 saturated heterocycles. The minimum Gasteiger partial charge on any atom is -0.0901 e. The van der Waals surface area contributed by atoms with Crippen molar-refractivity contribution in [2.24, 2.45) is 0 Å². The van der Waals surface area contributed by atoms with E-state index in [1.54, 1.807) is 0 Å². The Morgan fingerprint density at radius 3 is 1.17 bits per heavy atom. The summed E-state index contributed by atoms with van der Waals surface area (Å²) < 4.78 is 0.803. The molecule has 0 fully saturated rings. The van der Waals surface area contributed by atoms with E-state index in [1.165, 1.54) is 0 Å². The molecule has 0 unspecified atom stereocenters. The maximum absolute atomic E-state index is 2.34. The molecule has 0 heterocycles. The Morgan fingerprint density at radius 1 is 1.17 bits per heavy atom. The molecule has 0 aromatic heterocycles. The lowest BCUT2D eigenvalue weighted by Gasteiger charge is -1.76. The highest BCUT2D eigenvalue weighted by Gasteiger charge is 1.70. The highest BCUT2D eigenvalue weighted by atomic mass is 127. The second kappa shape index (κ2) is 9.68. The summed E-state index contributed by atoms with van der Waals surface area (Å²) >= 11 is 4.49. The SMILES string of the molecule is CC(C)I.CI. The van der Waals surface area contributed by atoms with Crippen molar-refractivity contribution in [1.29, 1.82) is 0 Å². The molecule has 0 amide bonds. The average Bonchev–Trinajstić information content (AvgIpc) is 1.41. The Morgan fingerprint density at radius 2 is 1.17 bits per heavy atom. The second-order valence-corrected chi connectivity index (χ2v) is 3.51. The van der Waals surface area contributed by atoms with Gasteiger partial charge in [0.05, 0.1) is 0 Å². The molecule has 0 aliphatic heterocycles. The predicted octanol–water partition coefficient (Wildman–Crippen LogP) is 2.88. The molecule has 0 aliphatic rings. The Hall–Kier alpha value is 1.46. The van der Waals surface area contributed by atoms with E-state index in [1.807, 2.05) is 4.93 Å². The van der Waals surface area contributed by atoms with Crippen LogP contribution >= 0.6 is 45.2 Å². The first-order valence-corrected chi connectivity index (χ1v) is 5.15. The quantitative estimate of drug-likeness (QED) is 0.477. The second-order valence-electron chi connectivity index (χ2n) is 1.01. The molecule has 0 nitrogen and oxygen atoms in total. The van der Waals surface area contributed by atoms with Crippen molar-refractivity contribution >= 4 is 45.2 Å². The summed E-state index contributed by atoms with van der Waals surface area (Å²) in [6.07, 6.45) is 0. The van der Waals surface area contributed by atoms with Gasteiger partial charge in [-0.1, -0.05) is 59.0 Å². The smallest absolute Gasteiger partial charge is 0.00530 e. The van der Waals surface area contributed by atoms with E-state index in [0.29, 0.717) is 0 Å². The summed E-state index contributed by atoms with van der Waals surface area (Å²) in [5, 5.41) is 0. The van der Waals surface area contributed by atoms with E-state index >= 15 is 0 Å². The van der Waals surface area contributed by atoms with Crippen LogP contribution in [0.25, 0.3) is 0 Å². The molecule has 0 aromatic rings. The molecule has 2 heteroatoms. The van der Waals surface area contributed by atoms with Crippen molar-refractivity contribution in [3.8, 4) is 0 Å². The summed E-state index contributed by atoms with van der Waals surface area (Å²) in [6, 6.07) is 0. The zero-order valence-corrected chi connectivity index (χ0v) is 8.65. The molecule has 0 N–H and O–H groups in total. The van der Waals surface area contributed by atoms with Crippen molar-refractivity contribution in [2.45, 2.75) is 17.8 Å². The molecular weight excluding hydrogens is 302 g/mol. The summed E-state index contributed by atoms with van der Waals surface area (Å²) in [4.78, 5) is 1.97. The Labute approximate surface area is 67.4 Å². The molecule has 0 bridgehead atoms. The van der Waals surface area contributed by atoms with Gasteiger partial charge in [-0.15, -0.1) is 0 Å². The molecule has 0 atom stereocenters. The van der Waals surface area contributed by atoms with E-state index < -0.39 is 0 Å². The van der Waals surface area contributed by atoms with Crippen LogP contribution < -0.4 is 0 Å². The molecule has 0 aliphatic carbocycles. The normalized spacial score (nSPS) is 7.00. The lowest BCUT2D eigenvalue weighted by Crippen LogP contribution is -1.69. The van der Waals surface area contributed by atoms with Crippen LogP contribution in [0.4, 0.5) is 0 Å². The van der Waals surface area contributed by atoms with Gasteiger partial charge in [-0.3, -0.25) is 0 Å². The van der Waals surface area contributed by atoms with Crippen LogP contribution in [-0.2, 0) is 0 Å². The minimum atomic E-state index is 0.803. The summed E-state index contributed by atoms with van der Waals surface area (Å²) in [6.45, 7) is 4.31. The Kier molecular flexibility index (Phi) is 16.9. The molecular formula is C4H10I2. The zero-order chi connectivity index (χ0) is 5.58. The topological polar surface area (TPSA) is 0 Å². The molecule has 0 saturated carbocycles. The van der Waals surface area contributed by atoms with Crippen LogP contribution in [0, 0.1) is 0 Å². The van der Waals surface area contributed by atoms with E-state index in [9.17, 15) is 0 Å². The fourth-order valence-corrected chi connectivity index (χ4v) is 0. The number of rotatable bonds is 0. The number of halogens is 2. The fourth-order valence-electron chi connectivity index (χ4n) is 0. The van der Waals surface area contributed by atoms with Gasteiger partial charge in [0, 0.05) is 3.92 Å². The summed E-state index contributed by atoms with van der Waals surface area (Å²) in [5.74, 6) is 0. The lowest BCUT2D eigenvalue weighted by molar-refractivity contribution is 1.16. The van der Waals surface area contributed by atoms with Gasteiger partial charge in [-0.2, -0.15) is 0 Å². The van der Waals surface area contributed by atoms with Gasteiger partial charge in [-0.05, 0) is 4.93 Å². The number of alkyl halides is 2. The Balaban J connectivity index is 0. The van der Waals surface area contributed by atoms with Gasteiger partial charge in [0.25, 0.3) is 0 Å². The van der Waals surface area contributed by atoms with Crippen LogP contribution in [0.3, 0.4) is 0 Å². The third-order valence-corrected chi connectivity index (χ3v) is 0. The molecule has 0 aromatic carbocycles. The van der Waals surface area contributed by atoms with Gasteiger partial charge in [0.15, 0.2) is 0 Å². The largest absolute Gasteiger partial charge is 0.0901 e. The zero-order valence-electron chi connectivity index (χ0n) is 4.33. The van der Waals surface area contributed by atoms with Gasteiger partial charge in [0.1, 0.15) is 0 Å². The van der Waals surface area contributed by atoms with Gasteiger partial charge < -0.3 is 0 Å². The van der Waals surface area contributed by atoms with E-state index in [-0.39, 0.29) is 0 Å². The lowest BCUT2D eigenvalue weighted by atomic mass is 10.6. The standard InChI is InChI=1S/C3H7I.CH3I/c1-3(2)4;1-2/h3H,1-2H3;1H3. The van der Waals surface area contributed by atoms with E-state index in [4.69, 9.17) is 0 Å². The monoisotopic (exact) mass is 312 g/mol. The molecule has 6 heavy (non-hydrogen) atoms. The minimum absolute atomic E-state index is 0.803. The van der Waals surface area contributed by atoms with Gasteiger partial charge >= 0.3 is 0 Å². The fraction of sp³-hybridized carbons (Fsp3) is 1.00. The van der Waals surface area contributed by atoms with Gasteiger partial charge in [0.2, 0.25) is 0 Å². The van der Waals surface area contributed by atoms with Crippen molar-refractivity contribution in [3.05, 3.63) is 0 Å². The van der Waals surface area contributed by atoms with Crippen molar-refractivity contribution < 1.29 is 0 Å². The van der Waals surface area contributed by atoms with Crippen LogP contribution in [0.5, 0.6) is 0 Å². The number of hydrogen-bond acceptors (Lipinski definition) is 0. The van der Waals surface area contributed by atoms with Crippen LogP contribution in [-0.4, -0.2) is 8.86 Å². The first kappa shape index (κ1) is 10.4. The van der Waals surface area contributed by atoms with Crippen LogP contribution in [0.15, 0.2) is 0 Å². The average molecular weight is 312 g/mol. The van der Waals surface area contributed by atoms with E-state index in [2.05, 4.69) is 59.0 Å². The third kappa shape index (κ3) is 51.0. The van der Waals surface area contributed by atoms with Gasteiger partial charge in [-0.25, -0.2) is 0 Å². The van der Waals surface area contributed by atoms with Crippen molar-refractivity contribution in [3.63, 3.8) is 0 Å². The van der Waals surface area contributed by atoms with Crippen molar-refractivity contribution in [1.82, 2.24) is 0 Å².